The molecule has 1 fully saturated rings. The zero-order valence-electron chi connectivity index (χ0n) is 9.10. The molecule has 0 radical (unpaired) electrons. The van der Waals surface area contributed by atoms with Gasteiger partial charge < -0.3 is 5.32 Å². The summed E-state index contributed by atoms with van der Waals surface area (Å²) in [5, 5.41) is 3.27. The number of rotatable bonds is 0. The van der Waals surface area contributed by atoms with E-state index in [0.29, 0.717) is 5.41 Å². The van der Waals surface area contributed by atoms with Crippen LogP contribution in [0.5, 0.6) is 0 Å². The second-order valence-electron chi connectivity index (χ2n) is 4.85. The van der Waals surface area contributed by atoms with Gasteiger partial charge in [0.25, 0.3) is 0 Å². The maximum atomic E-state index is 12.6. The van der Waals surface area contributed by atoms with E-state index < -0.39 is 11.7 Å². The molecule has 1 aliphatic heterocycles. The Kier molecular flexibility index (Phi) is 2.37. The Balaban J connectivity index is 1.91. The van der Waals surface area contributed by atoms with Crippen LogP contribution in [-0.4, -0.2) is 12.3 Å². The maximum absolute atomic E-state index is 12.6. The SMILES string of the molecule is FC(F)(F)c1ccc2c(c1)SCC1(CC1)CN2. The molecule has 1 aromatic carbocycles. The van der Waals surface area contributed by atoms with E-state index >= 15 is 0 Å². The number of fused-ring (bicyclic) bond motifs is 1. The number of anilines is 1. The highest BCUT2D eigenvalue weighted by molar-refractivity contribution is 7.99. The van der Waals surface area contributed by atoms with Crippen LogP contribution in [0.3, 0.4) is 0 Å². The monoisotopic (exact) mass is 259 g/mol. The van der Waals surface area contributed by atoms with Crippen LogP contribution in [0.15, 0.2) is 23.1 Å². The van der Waals surface area contributed by atoms with Crippen molar-refractivity contribution in [3.8, 4) is 0 Å². The van der Waals surface area contributed by atoms with Crippen molar-refractivity contribution in [1.82, 2.24) is 0 Å². The van der Waals surface area contributed by atoms with Gasteiger partial charge in [0.05, 0.1) is 5.56 Å². The summed E-state index contributed by atoms with van der Waals surface area (Å²) >= 11 is 1.55. The first-order chi connectivity index (χ1) is 7.99. The molecule has 92 valence electrons. The third-order valence-electron chi connectivity index (χ3n) is 3.45. The largest absolute Gasteiger partial charge is 0.416 e. The molecule has 0 bridgehead atoms. The maximum Gasteiger partial charge on any atom is 0.416 e. The third kappa shape index (κ3) is 2.12. The minimum Gasteiger partial charge on any atom is -0.384 e. The van der Waals surface area contributed by atoms with Gasteiger partial charge in [0.1, 0.15) is 0 Å². The summed E-state index contributed by atoms with van der Waals surface area (Å²) in [7, 11) is 0. The summed E-state index contributed by atoms with van der Waals surface area (Å²) in [5.41, 5.74) is 0.617. The number of halogens is 3. The smallest absolute Gasteiger partial charge is 0.384 e. The molecule has 0 saturated heterocycles. The lowest BCUT2D eigenvalue weighted by molar-refractivity contribution is -0.137. The highest BCUT2D eigenvalue weighted by Gasteiger charge is 2.43. The molecule has 0 aromatic heterocycles. The summed E-state index contributed by atoms with van der Waals surface area (Å²) in [4.78, 5) is 0.726. The van der Waals surface area contributed by atoms with Gasteiger partial charge in [0.15, 0.2) is 0 Å². The van der Waals surface area contributed by atoms with Gasteiger partial charge in [0.2, 0.25) is 0 Å². The fourth-order valence-corrected chi connectivity index (χ4v) is 3.39. The lowest BCUT2D eigenvalue weighted by Crippen LogP contribution is -2.15. The molecule has 0 unspecified atom stereocenters. The molecule has 0 atom stereocenters. The average Bonchev–Trinajstić information content (AvgIpc) is 3.06. The van der Waals surface area contributed by atoms with Crippen molar-refractivity contribution in [1.29, 1.82) is 0 Å². The van der Waals surface area contributed by atoms with Crippen LogP contribution >= 0.6 is 11.8 Å². The normalized spacial score (nSPS) is 21.6. The lowest BCUT2D eigenvalue weighted by atomic mass is 10.1. The van der Waals surface area contributed by atoms with Crippen LogP contribution in [0.4, 0.5) is 18.9 Å². The summed E-state index contributed by atoms with van der Waals surface area (Å²) in [6.45, 7) is 0.887. The van der Waals surface area contributed by atoms with Crippen molar-refractivity contribution in [2.75, 3.05) is 17.6 Å². The molecule has 1 heterocycles. The summed E-state index contributed by atoms with van der Waals surface area (Å²) in [6.07, 6.45) is -1.88. The second-order valence-corrected chi connectivity index (χ2v) is 5.87. The van der Waals surface area contributed by atoms with E-state index in [-0.39, 0.29) is 0 Å². The van der Waals surface area contributed by atoms with Gasteiger partial charge in [-0.15, -0.1) is 11.8 Å². The first kappa shape index (κ1) is 11.3. The predicted molar refractivity (Wildman–Crippen MR) is 62.3 cm³/mol. The Morgan fingerprint density at radius 3 is 2.65 bits per heavy atom. The van der Waals surface area contributed by atoms with Crippen molar-refractivity contribution < 1.29 is 13.2 Å². The van der Waals surface area contributed by atoms with Gasteiger partial charge in [-0.1, -0.05) is 0 Å². The molecular formula is C12H12F3NS. The zero-order chi connectivity index (χ0) is 12.1. The number of nitrogens with one attached hydrogen (secondary N) is 1. The molecular weight excluding hydrogens is 247 g/mol. The summed E-state index contributed by atoms with van der Waals surface area (Å²) in [6, 6.07) is 3.96. The average molecular weight is 259 g/mol. The first-order valence-electron chi connectivity index (χ1n) is 5.57. The van der Waals surface area contributed by atoms with Crippen molar-refractivity contribution in [3.05, 3.63) is 23.8 Å². The van der Waals surface area contributed by atoms with Gasteiger partial charge in [-0.05, 0) is 36.5 Å². The Morgan fingerprint density at radius 2 is 2.00 bits per heavy atom. The number of hydrogen-bond donors (Lipinski definition) is 1. The highest BCUT2D eigenvalue weighted by Crippen LogP contribution is 2.52. The van der Waals surface area contributed by atoms with Crippen LogP contribution in [-0.2, 0) is 6.18 Å². The van der Waals surface area contributed by atoms with Crippen molar-refractivity contribution in [2.24, 2.45) is 5.41 Å². The molecule has 17 heavy (non-hydrogen) atoms. The molecule has 1 spiro atoms. The minimum absolute atomic E-state index is 0.335. The van der Waals surface area contributed by atoms with Crippen molar-refractivity contribution >= 4 is 17.4 Å². The van der Waals surface area contributed by atoms with E-state index in [1.165, 1.54) is 18.9 Å². The van der Waals surface area contributed by atoms with E-state index in [9.17, 15) is 13.2 Å². The molecule has 0 amide bonds. The topological polar surface area (TPSA) is 12.0 Å². The van der Waals surface area contributed by atoms with Gasteiger partial charge in [0, 0.05) is 22.9 Å². The molecule has 2 aliphatic rings. The zero-order valence-corrected chi connectivity index (χ0v) is 9.92. The molecule has 1 N–H and O–H groups in total. The number of thioether (sulfide) groups is 1. The first-order valence-corrected chi connectivity index (χ1v) is 6.55. The molecule has 1 saturated carbocycles. The van der Waals surface area contributed by atoms with Crippen LogP contribution in [0, 0.1) is 5.41 Å². The second kappa shape index (κ2) is 3.57. The van der Waals surface area contributed by atoms with Gasteiger partial charge in [-0.25, -0.2) is 0 Å². The Morgan fingerprint density at radius 1 is 1.24 bits per heavy atom. The minimum atomic E-state index is -4.25. The van der Waals surface area contributed by atoms with E-state index in [1.807, 2.05) is 0 Å². The Hall–Kier alpha value is -0.840. The van der Waals surface area contributed by atoms with E-state index in [0.717, 1.165) is 28.9 Å². The molecule has 1 aromatic rings. The predicted octanol–water partition coefficient (Wildman–Crippen LogP) is 4.00. The fourth-order valence-electron chi connectivity index (χ4n) is 2.03. The van der Waals surface area contributed by atoms with Crippen LogP contribution in [0.2, 0.25) is 0 Å². The molecule has 5 heteroatoms. The van der Waals surface area contributed by atoms with Crippen LogP contribution < -0.4 is 5.32 Å². The van der Waals surface area contributed by atoms with E-state index in [1.54, 1.807) is 17.8 Å². The van der Waals surface area contributed by atoms with Gasteiger partial charge >= 0.3 is 6.18 Å². The summed E-state index contributed by atoms with van der Waals surface area (Å²) in [5.74, 6) is 0.925. The Labute approximate surface area is 102 Å². The van der Waals surface area contributed by atoms with Crippen molar-refractivity contribution in [3.63, 3.8) is 0 Å². The highest BCUT2D eigenvalue weighted by atomic mass is 32.2. The fraction of sp³-hybridized carbons (Fsp3) is 0.500. The van der Waals surface area contributed by atoms with Gasteiger partial charge in [-0.2, -0.15) is 13.2 Å². The lowest BCUT2D eigenvalue weighted by Gasteiger charge is -2.11. The molecule has 3 rings (SSSR count). The molecule has 1 nitrogen and oxygen atoms in total. The number of benzene rings is 1. The van der Waals surface area contributed by atoms with Crippen LogP contribution in [0.1, 0.15) is 18.4 Å². The van der Waals surface area contributed by atoms with E-state index in [4.69, 9.17) is 0 Å². The number of alkyl halides is 3. The van der Waals surface area contributed by atoms with Crippen molar-refractivity contribution in [2.45, 2.75) is 23.9 Å². The van der Waals surface area contributed by atoms with Gasteiger partial charge in [-0.3, -0.25) is 0 Å². The Bertz CT molecular complexity index is 452. The summed E-state index contributed by atoms with van der Waals surface area (Å²) < 4.78 is 37.8. The number of hydrogen-bond acceptors (Lipinski definition) is 2. The standard InChI is InChI=1S/C12H12F3NS/c13-12(14,15)8-1-2-9-10(5-8)17-7-11(3-4-11)6-16-9/h1-2,5,16H,3-4,6-7H2. The third-order valence-corrected chi connectivity index (χ3v) is 4.86. The van der Waals surface area contributed by atoms with Crippen LogP contribution in [0.25, 0.3) is 0 Å². The van der Waals surface area contributed by atoms with E-state index in [2.05, 4.69) is 5.32 Å². The quantitative estimate of drug-likeness (QED) is 0.755. The molecule has 1 aliphatic carbocycles.